The molecule has 2 rings (SSSR count). The van der Waals surface area contributed by atoms with Crippen molar-refractivity contribution in [1.82, 2.24) is 4.57 Å². The van der Waals surface area contributed by atoms with Gasteiger partial charge in [-0.05, 0) is 26.0 Å². The van der Waals surface area contributed by atoms with Gasteiger partial charge in [0, 0.05) is 24.7 Å². The lowest BCUT2D eigenvalue weighted by molar-refractivity contribution is 0.0695. The number of pyridine rings is 1. The van der Waals surface area contributed by atoms with E-state index in [9.17, 15) is 14.0 Å². The number of rotatable bonds is 4. The summed E-state index contributed by atoms with van der Waals surface area (Å²) >= 11 is 0. The zero-order valence-corrected chi connectivity index (χ0v) is 11.2. The zero-order chi connectivity index (χ0) is 14.9. The molecule has 1 aromatic heterocycles. The number of aryl methyl sites for hydroxylation is 1. The largest absolute Gasteiger partial charge is 0.477 e. The van der Waals surface area contributed by atoms with Gasteiger partial charge in [0.2, 0.25) is 5.43 Å². The summed E-state index contributed by atoms with van der Waals surface area (Å²) in [6.07, 6.45) is 1.29. The molecule has 1 heterocycles. The van der Waals surface area contributed by atoms with Crippen molar-refractivity contribution >= 4 is 22.6 Å². The van der Waals surface area contributed by atoms with Gasteiger partial charge in [-0.15, -0.1) is 0 Å². The first-order valence-corrected chi connectivity index (χ1v) is 6.33. The minimum atomic E-state index is -1.31. The summed E-state index contributed by atoms with van der Waals surface area (Å²) in [5.74, 6) is -1.88. The molecule has 0 aliphatic heterocycles. The van der Waals surface area contributed by atoms with Crippen molar-refractivity contribution < 1.29 is 14.3 Å². The first-order chi connectivity index (χ1) is 9.49. The van der Waals surface area contributed by atoms with Crippen LogP contribution in [0.15, 0.2) is 23.1 Å². The average Bonchev–Trinajstić information content (AvgIpc) is 2.41. The predicted molar refractivity (Wildman–Crippen MR) is 75.0 cm³/mol. The number of nitrogens with zero attached hydrogens (tertiary/aromatic N) is 1. The van der Waals surface area contributed by atoms with Crippen molar-refractivity contribution in [1.29, 1.82) is 0 Å². The Morgan fingerprint density at radius 1 is 1.40 bits per heavy atom. The Balaban J connectivity index is 2.86. The SMILES string of the molecule is CCNc1cc2c(cc1F)c(=O)c(C(=O)O)cn2CC. The van der Waals surface area contributed by atoms with Crippen molar-refractivity contribution in [2.75, 3.05) is 11.9 Å². The maximum atomic E-state index is 13.9. The second-order valence-corrected chi connectivity index (χ2v) is 4.34. The van der Waals surface area contributed by atoms with E-state index in [1.54, 1.807) is 4.57 Å². The number of aromatic nitrogens is 1. The zero-order valence-electron chi connectivity index (χ0n) is 11.2. The number of benzene rings is 1. The van der Waals surface area contributed by atoms with Gasteiger partial charge in [-0.3, -0.25) is 4.79 Å². The van der Waals surface area contributed by atoms with E-state index in [1.807, 2.05) is 13.8 Å². The topological polar surface area (TPSA) is 71.3 Å². The fourth-order valence-corrected chi connectivity index (χ4v) is 2.15. The second kappa shape index (κ2) is 5.32. The summed E-state index contributed by atoms with van der Waals surface area (Å²) < 4.78 is 15.5. The summed E-state index contributed by atoms with van der Waals surface area (Å²) in [5, 5.41) is 12.0. The van der Waals surface area contributed by atoms with E-state index in [-0.39, 0.29) is 10.9 Å². The fourth-order valence-electron chi connectivity index (χ4n) is 2.15. The molecule has 5 nitrogen and oxygen atoms in total. The molecule has 0 unspecified atom stereocenters. The molecule has 0 spiro atoms. The van der Waals surface area contributed by atoms with E-state index in [1.165, 1.54) is 12.3 Å². The fraction of sp³-hybridized carbons (Fsp3) is 0.286. The summed E-state index contributed by atoms with van der Waals surface area (Å²) in [6, 6.07) is 2.62. The highest BCUT2D eigenvalue weighted by molar-refractivity contribution is 5.93. The van der Waals surface area contributed by atoms with Crippen LogP contribution in [-0.2, 0) is 6.54 Å². The average molecular weight is 278 g/mol. The number of carboxylic acids is 1. The first-order valence-electron chi connectivity index (χ1n) is 6.33. The van der Waals surface area contributed by atoms with Crippen LogP contribution >= 0.6 is 0 Å². The maximum absolute atomic E-state index is 13.9. The van der Waals surface area contributed by atoms with Crippen LogP contribution < -0.4 is 10.7 Å². The van der Waals surface area contributed by atoms with Gasteiger partial charge >= 0.3 is 5.97 Å². The molecule has 106 valence electrons. The number of aromatic carboxylic acids is 1. The predicted octanol–water partition coefficient (Wildman–Crippen LogP) is 2.29. The van der Waals surface area contributed by atoms with Crippen LogP contribution in [0, 0.1) is 5.82 Å². The molecule has 1 aromatic carbocycles. The van der Waals surface area contributed by atoms with Crippen LogP contribution in [0.5, 0.6) is 0 Å². The highest BCUT2D eigenvalue weighted by Gasteiger charge is 2.16. The lowest BCUT2D eigenvalue weighted by Crippen LogP contribution is -2.19. The van der Waals surface area contributed by atoms with Gasteiger partial charge in [-0.1, -0.05) is 0 Å². The standard InChI is InChI=1S/C14H15FN2O3/c1-3-16-11-6-12-8(5-10(11)15)13(18)9(14(19)20)7-17(12)4-2/h5-7,16H,3-4H2,1-2H3,(H,19,20). The van der Waals surface area contributed by atoms with Crippen molar-refractivity contribution in [3.05, 3.63) is 39.9 Å². The van der Waals surface area contributed by atoms with Gasteiger partial charge in [0.15, 0.2) is 0 Å². The van der Waals surface area contributed by atoms with Crippen LogP contribution in [0.4, 0.5) is 10.1 Å². The summed E-state index contributed by atoms with van der Waals surface area (Å²) in [4.78, 5) is 23.1. The number of fused-ring (bicyclic) bond motifs is 1. The molecule has 0 bridgehead atoms. The van der Waals surface area contributed by atoms with E-state index in [4.69, 9.17) is 5.11 Å². The van der Waals surface area contributed by atoms with E-state index >= 15 is 0 Å². The smallest absolute Gasteiger partial charge is 0.341 e. The number of hydrogen-bond donors (Lipinski definition) is 2. The number of hydrogen-bond acceptors (Lipinski definition) is 3. The van der Waals surface area contributed by atoms with Crippen molar-refractivity contribution in [2.45, 2.75) is 20.4 Å². The molecule has 2 N–H and O–H groups in total. The third-order valence-corrected chi connectivity index (χ3v) is 3.11. The highest BCUT2D eigenvalue weighted by Crippen LogP contribution is 2.21. The number of nitrogens with one attached hydrogen (secondary N) is 1. The number of carbonyl (C=O) groups is 1. The molecule has 0 atom stereocenters. The molecule has 20 heavy (non-hydrogen) atoms. The van der Waals surface area contributed by atoms with Gasteiger partial charge in [-0.25, -0.2) is 9.18 Å². The Labute approximate surface area is 114 Å². The molecule has 0 saturated carbocycles. The molecular weight excluding hydrogens is 263 g/mol. The monoisotopic (exact) mass is 278 g/mol. The molecule has 0 fully saturated rings. The van der Waals surface area contributed by atoms with E-state index in [0.29, 0.717) is 24.3 Å². The number of anilines is 1. The number of carboxylic acid groups (broad SMARTS) is 1. The third kappa shape index (κ3) is 2.24. The second-order valence-electron chi connectivity index (χ2n) is 4.34. The molecular formula is C14H15FN2O3. The number of halogens is 1. The van der Waals surface area contributed by atoms with Crippen LogP contribution in [0.3, 0.4) is 0 Å². The Morgan fingerprint density at radius 2 is 2.10 bits per heavy atom. The summed E-state index contributed by atoms with van der Waals surface area (Å²) in [7, 11) is 0. The lowest BCUT2D eigenvalue weighted by Gasteiger charge is -2.13. The third-order valence-electron chi connectivity index (χ3n) is 3.11. The van der Waals surface area contributed by atoms with E-state index < -0.39 is 17.2 Å². The van der Waals surface area contributed by atoms with E-state index in [0.717, 1.165) is 6.07 Å². The van der Waals surface area contributed by atoms with Gasteiger partial charge in [0.05, 0.1) is 11.2 Å². The summed E-state index contributed by atoms with van der Waals surface area (Å²) in [6.45, 7) is 4.69. The normalized spacial score (nSPS) is 10.8. The maximum Gasteiger partial charge on any atom is 0.341 e. The van der Waals surface area contributed by atoms with Crippen LogP contribution in [-0.4, -0.2) is 22.2 Å². The molecule has 0 radical (unpaired) electrons. The minimum absolute atomic E-state index is 0.0749. The Bertz CT molecular complexity index is 737. The van der Waals surface area contributed by atoms with Gasteiger partial charge < -0.3 is 15.0 Å². The van der Waals surface area contributed by atoms with Crippen molar-refractivity contribution in [3.63, 3.8) is 0 Å². The minimum Gasteiger partial charge on any atom is -0.477 e. The van der Waals surface area contributed by atoms with Gasteiger partial charge in [0.1, 0.15) is 11.4 Å². The van der Waals surface area contributed by atoms with Crippen molar-refractivity contribution in [2.24, 2.45) is 0 Å². The van der Waals surface area contributed by atoms with Gasteiger partial charge in [-0.2, -0.15) is 0 Å². The molecule has 6 heteroatoms. The Hall–Kier alpha value is -2.37. The lowest BCUT2D eigenvalue weighted by atomic mass is 10.1. The van der Waals surface area contributed by atoms with Gasteiger partial charge in [0.25, 0.3) is 0 Å². The molecule has 2 aromatic rings. The molecule has 0 amide bonds. The first kappa shape index (κ1) is 14.0. The van der Waals surface area contributed by atoms with E-state index in [2.05, 4.69) is 5.32 Å². The van der Waals surface area contributed by atoms with Crippen molar-refractivity contribution in [3.8, 4) is 0 Å². The van der Waals surface area contributed by atoms with Crippen LogP contribution in [0.2, 0.25) is 0 Å². The molecule has 0 saturated heterocycles. The Morgan fingerprint density at radius 3 is 2.65 bits per heavy atom. The molecule has 0 aliphatic rings. The quantitative estimate of drug-likeness (QED) is 0.900. The summed E-state index contributed by atoms with van der Waals surface area (Å²) in [5.41, 5.74) is -0.210. The van der Waals surface area contributed by atoms with Crippen LogP contribution in [0.25, 0.3) is 10.9 Å². The van der Waals surface area contributed by atoms with Crippen LogP contribution in [0.1, 0.15) is 24.2 Å². The Kier molecular flexibility index (Phi) is 3.74. The highest BCUT2D eigenvalue weighted by atomic mass is 19.1. The molecule has 0 aliphatic carbocycles.